The molecule has 0 aliphatic carbocycles. The van der Waals surface area contributed by atoms with Crippen LogP contribution in [0.25, 0.3) is 0 Å². The molecule has 23 heavy (non-hydrogen) atoms. The Morgan fingerprint density at radius 1 is 1.00 bits per heavy atom. The van der Waals surface area contributed by atoms with Gasteiger partial charge in [0.05, 0.1) is 0 Å². The first kappa shape index (κ1) is 21.3. The summed E-state index contributed by atoms with van der Waals surface area (Å²) in [6, 6.07) is 0. The Bertz CT molecular complexity index is 459. The molecule has 1 atom stereocenters. The second-order valence-electron chi connectivity index (χ2n) is 6.76. The van der Waals surface area contributed by atoms with Gasteiger partial charge in [0.2, 0.25) is 0 Å². The predicted octanol–water partition coefficient (Wildman–Crippen LogP) is 5.95. The summed E-state index contributed by atoms with van der Waals surface area (Å²) in [6.07, 6.45) is -15.7. The molecule has 0 aromatic heterocycles. The van der Waals surface area contributed by atoms with Crippen LogP contribution in [0.15, 0.2) is 0 Å². The number of nitrogens with zero attached hydrogens (tertiary/aromatic N) is 1. The molecule has 1 heterocycles. The van der Waals surface area contributed by atoms with E-state index in [4.69, 9.17) is 15.8 Å². The summed E-state index contributed by atoms with van der Waals surface area (Å²) in [7, 11) is 0. The van der Waals surface area contributed by atoms with Crippen molar-refractivity contribution < 1.29 is 30.9 Å². The number of alkyl halides is 6. The van der Waals surface area contributed by atoms with Crippen LogP contribution in [0.5, 0.6) is 0 Å². The van der Waals surface area contributed by atoms with Crippen LogP contribution in [-0.4, -0.2) is 46.5 Å². The SMILES string of the molecule is CCN(CC)P1(Cl)(C(C)(C)C)OC(C(F)(F)F)(C(F)(F)F)C1C. The van der Waals surface area contributed by atoms with Crippen molar-refractivity contribution in [2.24, 2.45) is 0 Å². The van der Waals surface area contributed by atoms with E-state index in [1.807, 2.05) is 0 Å². The molecule has 0 radical (unpaired) electrons. The van der Waals surface area contributed by atoms with Gasteiger partial charge < -0.3 is 0 Å². The van der Waals surface area contributed by atoms with Gasteiger partial charge in [0.15, 0.2) is 0 Å². The van der Waals surface area contributed by atoms with E-state index in [2.05, 4.69) is 0 Å². The maximum absolute atomic E-state index is 13.4. The third kappa shape index (κ3) is 2.27. The second kappa shape index (κ2) is 5.36. The van der Waals surface area contributed by atoms with E-state index in [1.165, 1.54) is 25.4 Å². The maximum atomic E-state index is 13.4. The van der Waals surface area contributed by atoms with E-state index in [1.54, 1.807) is 13.8 Å². The third-order valence-corrected chi connectivity index (χ3v) is 14.5. The van der Waals surface area contributed by atoms with Crippen LogP contribution in [0, 0.1) is 0 Å². The topological polar surface area (TPSA) is 12.5 Å². The molecule has 1 aliphatic heterocycles. The van der Waals surface area contributed by atoms with Crippen molar-refractivity contribution in [1.29, 1.82) is 0 Å². The molecule has 0 aromatic rings. The first-order chi connectivity index (χ1) is 9.95. The van der Waals surface area contributed by atoms with Gasteiger partial charge in [-0.25, -0.2) is 0 Å². The fourth-order valence-corrected chi connectivity index (χ4v) is 10.8. The Hall–Kier alpha value is 0.220. The van der Waals surface area contributed by atoms with Crippen LogP contribution in [0.4, 0.5) is 26.3 Å². The molecule has 0 amide bonds. The number of hydrogen-bond donors (Lipinski definition) is 0. The fourth-order valence-electron chi connectivity index (χ4n) is 3.63. The van der Waals surface area contributed by atoms with Crippen LogP contribution < -0.4 is 0 Å². The van der Waals surface area contributed by atoms with E-state index in [-0.39, 0.29) is 13.1 Å². The molecule has 1 aliphatic rings. The second-order valence-corrected chi connectivity index (χ2v) is 13.5. The minimum atomic E-state index is -5.60. The van der Waals surface area contributed by atoms with Gasteiger partial charge in [0, 0.05) is 0 Å². The zero-order valence-corrected chi connectivity index (χ0v) is 15.6. The summed E-state index contributed by atoms with van der Waals surface area (Å²) in [5.41, 5.74) is -6.16. The molecule has 2 nitrogen and oxygen atoms in total. The van der Waals surface area contributed by atoms with E-state index in [0.717, 1.165) is 6.92 Å². The van der Waals surface area contributed by atoms with E-state index in [0.29, 0.717) is 0 Å². The van der Waals surface area contributed by atoms with E-state index < -0.39 is 35.1 Å². The van der Waals surface area contributed by atoms with Crippen molar-refractivity contribution in [2.75, 3.05) is 13.1 Å². The zero-order valence-electron chi connectivity index (χ0n) is 13.9. The van der Waals surface area contributed by atoms with Gasteiger partial charge in [-0.05, 0) is 0 Å². The predicted molar refractivity (Wildman–Crippen MR) is 80.8 cm³/mol. The molecule has 1 unspecified atom stereocenters. The summed E-state index contributed by atoms with van der Waals surface area (Å²) in [5.74, 6) is 0. The van der Waals surface area contributed by atoms with Crippen molar-refractivity contribution in [1.82, 2.24) is 4.67 Å². The summed E-state index contributed by atoms with van der Waals surface area (Å²) in [6.45, 7) is 9.19. The van der Waals surface area contributed by atoms with Crippen molar-refractivity contribution in [3.63, 3.8) is 0 Å². The Morgan fingerprint density at radius 2 is 1.35 bits per heavy atom. The average Bonchev–Trinajstić information content (AvgIpc) is 2.32. The van der Waals surface area contributed by atoms with Crippen LogP contribution in [-0.2, 0) is 4.52 Å². The van der Waals surface area contributed by atoms with Crippen molar-refractivity contribution in [3.05, 3.63) is 0 Å². The summed E-state index contributed by atoms with van der Waals surface area (Å²) >= 11 is 6.69. The van der Waals surface area contributed by atoms with Crippen LogP contribution >= 0.6 is 17.6 Å². The first-order valence-electron chi connectivity index (χ1n) is 7.28. The molecule has 140 valence electrons. The summed E-state index contributed by atoms with van der Waals surface area (Å²) < 4.78 is 86.6. The van der Waals surface area contributed by atoms with Crippen LogP contribution in [0.3, 0.4) is 0 Å². The Kier molecular flexibility index (Phi) is 4.95. The first-order valence-corrected chi connectivity index (χ1v) is 10.4. The zero-order chi connectivity index (χ0) is 18.7. The molecule has 1 fully saturated rings. The van der Waals surface area contributed by atoms with Gasteiger partial charge in [-0.15, -0.1) is 0 Å². The Morgan fingerprint density at radius 3 is 1.52 bits per heavy atom. The molecular formula is C13H23ClF6NOP. The number of rotatable bonds is 3. The molecule has 0 N–H and O–H groups in total. The van der Waals surface area contributed by atoms with Gasteiger partial charge in [-0.2, -0.15) is 0 Å². The summed E-state index contributed by atoms with van der Waals surface area (Å²) in [5, 5.41) is -1.08. The van der Waals surface area contributed by atoms with Crippen LogP contribution in [0.1, 0.15) is 41.5 Å². The number of hydrogen-bond acceptors (Lipinski definition) is 2. The molecule has 10 heteroatoms. The Labute approximate surface area is 137 Å². The normalized spacial score (nSPS) is 28.8. The van der Waals surface area contributed by atoms with E-state index in [9.17, 15) is 26.3 Å². The fraction of sp³-hybridized carbons (Fsp3) is 1.00. The molecule has 0 saturated carbocycles. The van der Waals surface area contributed by atoms with Crippen molar-refractivity contribution >= 4 is 17.6 Å². The molecule has 1 saturated heterocycles. The van der Waals surface area contributed by atoms with Crippen LogP contribution in [0.2, 0.25) is 0 Å². The number of halogens is 7. The van der Waals surface area contributed by atoms with Crippen molar-refractivity contribution in [3.8, 4) is 0 Å². The molecule has 0 aromatic carbocycles. The van der Waals surface area contributed by atoms with E-state index >= 15 is 0 Å². The average molecular weight is 390 g/mol. The van der Waals surface area contributed by atoms with Gasteiger partial charge >= 0.3 is 137 Å². The minimum absolute atomic E-state index is 0.200. The van der Waals surface area contributed by atoms with Crippen molar-refractivity contribution in [2.45, 2.75) is 70.3 Å². The molecule has 0 spiro atoms. The monoisotopic (exact) mass is 389 g/mol. The van der Waals surface area contributed by atoms with Gasteiger partial charge in [-0.1, -0.05) is 0 Å². The molecule has 1 rings (SSSR count). The molecule has 0 bridgehead atoms. The van der Waals surface area contributed by atoms with Gasteiger partial charge in [-0.3, -0.25) is 0 Å². The Balaban J connectivity index is 3.67. The summed E-state index contributed by atoms with van der Waals surface area (Å²) in [4.78, 5) is 0. The quantitative estimate of drug-likeness (QED) is 0.437. The molecular weight excluding hydrogens is 367 g/mol. The van der Waals surface area contributed by atoms with Gasteiger partial charge in [0.25, 0.3) is 0 Å². The van der Waals surface area contributed by atoms with Gasteiger partial charge in [0.1, 0.15) is 0 Å². The third-order valence-electron chi connectivity index (χ3n) is 4.89. The standard InChI is InChI=1S/C13H23ClF6NOP/c1-7-21(8-2)23(14,10(4,5)6)9(3)11(22-23,12(15,16)17)13(18,19)20/h9H,7-8H2,1-6H3.